The van der Waals surface area contributed by atoms with Crippen LogP contribution in [-0.4, -0.2) is 162 Å². The molecular formula is C42H69NO16. The highest BCUT2D eigenvalue weighted by atomic mass is 16.7. The molecule has 4 N–H and O–H groups in total. The molecule has 0 amide bonds. The van der Waals surface area contributed by atoms with Crippen molar-refractivity contribution in [1.29, 1.82) is 0 Å². The van der Waals surface area contributed by atoms with E-state index in [1.807, 2.05) is 6.92 Å². The number of carbonyl (C=O) groups is 4. The largest absolute Gasteiger partial charge is 0.462 e. The van der Waals surface area contributed by atoms with Crippen LogP contribution >= 0.6 is 0 Å². The van der Waals surface area contributed by atoms with Gasteiger partial charge in [-0.15, -0.1) is 0 Å². The van der Waals surface area contributed by atoms with Crippen LogP contribution in [0.1, 0.15) is 93.9 Å². The van der Waals surface area contributed by atoms with Gasteiger partial charge in [0.05, 0.1) is 48.9 Å². The zero-order chi connectivity index (χ0) is 44.4. The van der Waals surface area contributed by atoms with E-state index in [1.165, 1.54) is 34.8 Å². The van der Waals surface area contributed by atoms with Crippen molar-refractivity contribution in [3.8, 4) is 0 Å². The quantitative estimate of drug-likeness (QED) is 0.125. The fourth-order valence-electron chi connectivity index (χ4n) is 8.09. The number of aliphatic hydroxyl groups excluding tert-OH is 2. The van der Waals surface area contributed by atoms with Gasteiger partial charge in [0.1, 0.15) is 42.4 Å². The van der Waals surface area contributed by atoms with Gasteiger partial charge in [-0.3, -0.25) is 14.4 Å². The van der Waals surface area contributed by atoms with Crippen molar-refractivity contribution in [3.63, 3.8) is 0 Å². The van der Waals surface area contributed by atoms with Gasteiger partial charge >= 0.3 is 17.9 Å². The summed E-state index contributed by atoms with van der Waals surface area (Å²) in [5, 5.41) is 44.7. The van der Waals surface area contributed by atoms with Crippen molar-refractivity contribution in [2.75, 3.05) is 21.2 Å². The minimum Gasteiger partial charge on any atom is -0.462 e. The van der Waals surface area contributed by atoms with E-state index in [2.05, 4.69) is 0 Å². The van der Waals surface area contributed by atoms with E-state index >= 15 is 0 Å². The third-order valence-electron chi connectivity index (χ3n) is 10.9. The molecule has 3 rings (SSSR count). The lowest BCUT2D eigenvalue weighted by molar-refractivity contribution is -0.344. The number of esters is 3. The summed E-state index contributed by atoms with van der Waals surface area (Å²) in [5.41, 5.74) is -2.91. The maximum absolute atomic E-state index is 13.2. The van der Waals surface area contributed by atoms with Gasteiger partial charge in [0.15, 0.2) is 18.7 Å². The number of nitrogens with zero attached hydrogens (tertiary/aromatic N) is 1. The zero-order valence-electron chi connectivity index (χ0n) is 36.4. The molecule has 3 aliphatic heterocycles. The lowest BCUT2D eigenvalue weighted by atomic mass is 9.82. The lowest BCUT2D eigenvalue weighted by Gasteiger charge is -2.50. The van der Waals surface area contributed by atoms with Crippen LogP contribution in [0.25, 0.3) is 0 Å². The van der Waals surface area contributed by atoms with Gasteiger partial charge in [-0.25, -0.2) is 0 Å². The van der Waals surface area contributed by atoms with Gasteiger partial charge in [0.2, 0.25) is 0 Å². The Morgan fingerprint density at radius 2 is 1.69 bits per heavy atom. The highest BCUT2D eigenvalue weighted by Crippen LogP contribution is 2.38. The number of methoxy groups -OCH3 is 1. The number of hydrogen-bond acceptors (Lipinski definition) is 17. The summed E-state index contributed by atoms with van der Waals surface area (Å²) in [6.07, 6.45) is -5.21. The van der Waals surface area contributed by atoms with E-state index in [1.54, 1.807) is 64.1 Å². The lowest BCUT2D eigenvalue weighted by Crippen LogP contribution is -2.66. The molecule has 0 bridgehead atoms. The average molecular weight is 844 g/mol. The first-order valence-corrected chi connectivity index (χ1v) is 20.4. The first-order valence-electron chi connectivity index (χ1n) is 20.4. The van der Waals surface area contributed by atoms with Gasteiger partial charge in [-0.05, 0) is 73.9 Å². The normalized spacial score (nSPS) is 39.3. The molecule has 0 aliphatic carbocycles. The number of aliphatic hydroxyl groups is 4. The fourth-order valence-corrected chi connectivity index (χ4v) is 8.09. The van der Waals surface area contributed by atoms with E-state index in [-0.39, 0.29) is 25.7 Å². The maximum Gasteiger partial charge on any atom is 0.309 e. The number of ether oxygens (including phenoxy) is 8. The van der Waals surface area contributed by atoms with Crippen LogP contribution in [0, 0.1) is 11.8 Å². The number of carbonyl (C=O) groups excluding carboxylic acids is 4. The Hall–Kier alpha value is -2.84. The van der Waals surface area contributed by atoms with E-state index < -0.39 is 127 Å². The molecule has 0 saturated carbocycles. The van der Waals surface area contributed by atoms with Crippen LogP contribution < -0.4 is 0 Å². The van der Waals surface area contributed by atoms with Crippen LogP contribution in [0.5, 0.6) is 0 Å². The molecule has 3 heterocycles. The fraction of sp³-hybridized carbons (Fsp3) is 0.810. The van der Waals surface area contributed by atoms with Gasteiger partial charge in [-0.1, -0.05) is 31.2 Å². The Morgan fingerprint density at radius 1 is 1.02 bits per heavy atom. The molecule has 16 unspecified atom stereocenters. The van der Waals surface area contributed by atoms with Gasteiger partial charge in [0, 0.05) is 33.3 Å². The molecule has 59 heavy (non-hydrogen) atoms. The highest BCUT2D eigenvalue weighted by molar-refractivity contribution is 5.72. The van der Waals surface area contributed by atoms with Crippen molar-refractivity contribution in [1.82, 2.24) is 4.90 Å². The average Bonchev–Trinajstić information content (AvgIpc) is 3.09. The Labute approximate surface area is 348 Å². The van der Waals surface area contributed by atoms with Gasteiger partial charge in [0.25, 0.3) is 0 Å². The standard InChI is InChI=1S/C42H69NO16/c1-23-19-28(17-18-44)37(38(52-11)30(56-27(5)45)20-31(47)53-24(2)15-13-12-14-16-29(23)46)59-40-35(49)34(43(9)10)36(25(3)55-40)58-33-22-42(8,51)39(26(4)54-33)57-32(48)21-41(6,7)50/h12-14,16,18,23-26,28-30,33-40,46,49-51H,15,17,19-22H2,1-11H3. The van der Waals surface area contributed by atoms with Crippen LogP contribution in [0.2, 0.25) is 0 Å². The minimum absolute atomic E-state index is 0.0914. The van der Waals surface area contributed by atoms with Crippen molar-refractivity contribution in [2.24, 2.45) is 11.8 Å². The van der Waals surface area contributed by atoms with E-state index in [0.29, 0.717) is 12.7 Å². The number of likely N-dealkylation sites (N-methyl/N-ethyl adjacent to an activating group) is 1. The van der Waals surface area contributed by atoms with Crippen LogP contribution in [0.15, 0.2) is 24.3 Å². The summed E-state index contributed by atoms with van der Waals surface area (Å²) < 4.78 is 48.4. The Morgan fingerprint density at radius 3 is 2.27 bits per heavy atom. The highest BCUT2D eigenvalue weighted by Gasteiger charge is 2.53. The molecule has 0 aromatic heterocycles. The summed E-state index contributed by atoms with van der Waals surface area (Å²) in [4.78, 5) is 52.3. The summed E-state index contributed by atoms with van der Waals surface area (Å²) in [7, 11) is 4.80. The SMILES string of the molecule is COC1C(OC(C)=O)CC(=O)OC(C)CC=CC=CC(O)C(C)CC(CC=O)C1OC1OC(C)C(OC2CC(C)(O)C(OC(=O)CC(C)(C)O)C(C)O2)C(N(C)C)C1O. The Balaban J connectivity index is 1.97. The minimum atomic E-state index is -1.60. The van der Waals surface area contributed by atoms with Crippen LogP contribution in [0.3, 0.4) is 0 Å². The number of cyclic esters (lactones) is 1. The van der Waals surface area contributed by atoms with Crippen LogP contribution in [0.4, 0.5) is 0 Å². The molecule has 338 valence electrons. The van der Waals surface area contributed by atoms with E-state index in [9.17, 15) is 39.6 Å². The van der Waals surface area contributed by atoms with Crippen LogP contribution in [-0.2, 0) is 57.1 Å². The maximum atomic E-state index is 13.2. The number of rotatable bonds is 12. The monoisotopic (exact) mass is 843 g/mol. The van der Waals surface area contributed by atoms with Crippen molar-refractivity contribution >= 4 is 24.2 Å². The second-order valence-electron chi connectivity index (χ2n) is 17.4. The second-order valence-corrected chi connectivity index (χ2v) is 17.4. The Kier molecular flexibility index (Phi) is 19.1. The van der Waals surface area contributed by atoms with Crippen molar-refractivity contribution in [3.05, 3.63) is 24.3 Å². The molecule has 0 aromatic carbocycles. The number of allylic oxidation sites excluding steroid dienone is 2. The molecule has 0 radical (unpaired) electrons. The first-order chi connectivity index (χ1) is 27.5. The predicted octanol–water partition coefficient (Wildman–Crippen LogP) is 2.13. The zero-order valence-corrected chi connectivity index (χ0v) is 36.4. The molecule has 3 aliphatic rings. The second kappa shape index (κ2) is 22.3. The molecule has 17 heteroatoms. The molecule has 2 fully saturated rings. The van der Waals surface area contributed by atoms with Gasteiger partial charge < -0.3 is 68.0 Å². The summed E-state index contributed by atoms with van der Waals surface area (Å²) in [6, 6.07) is -0.814. The molecule has 0 aromatic rings. The number of aldehydes is 1. The topological polar surface area (TPSA) is 226 Å². The third kappa shape index (κ3) is 14.9. The van der Waals surface area contributed by atoms with Gasteiger partial charge in [-0.2, -0.15) is 0 Å². The molecule has 16 atom stereocenters. The molecular weight excluding hydrogens is 774 g/mol. The summed E-state index contributed by atoms with van der Waals surface area (Å²) >= 11 is 0. The first kappa shape index (κ1) is 50.5. The summed E-state index contributed by atoms with van der Waals surface area (Å²) in [5.74, 6) is -3.20. The molecule has 0 spiro atoms. The predicted molar refractivity (Wildman–Crippen MR) is 211 cm³/mol. The van der Waals surface area contributed by atoms with Crippen molar-refractivity contribution < 1.29 is 77.5 Å². The summed E-state index contributed by atoms with van der Waals surface area (Å²) in [6.45, 7) is 12.5. The molecule has 2 saturated heterocycles. The van der Waals surface area contributed by atoms with Crippen molar-refractivity contribution in [2.45, 2.75) is 185 Å². The smallest absolute Gasteiger partial charge is 0.309 e. The molecule has 17 nitrogen and oxygen atoms in total. The Bertz CT molecular complexity index is 1430. The third-order valence-corrected chi connectivity index (χ3v) is 10.9. The number of hydrogen-bond donors (Lipinski definition) is 4. The van der Waals surface area contributed by atoms with E-state index in [0.717, 1.165) is 0 Å². The van der Waals surface area contributed by atoms with E-state index in [4.69, 9.17) is 37.9 Å².